The lowest BCUT2D eigenvalue weighted by molar-refractivity contribution is -0.163. The molecule has 0 rings (SSSR count). The molecule has 0 spiro atoms. The minimum absolute atomic E-state index is 0.0797. The molecule has 1 atom stereocenters. The van der Waals surface area contributed by atoms with Crippen molar-refractivity contribution in [3.05, 3.63) is 48.6 Å². The van der Waals surface area contributed by atoms with Gasteiger partial charge in [-0.25, -0.2) is 0 Å². The van der Waals surface area contributed by atoms with Crippen LogP contribution < -0.4 is 0 Å². The lowest BCUT2D eigenvalue weighted by Crippen LogP contribution is -2.30. The second kappa shape index (κ2) is 57.2. The van der Waals surface area contributed by atoms with Gasteiger partial charge in [-0.05, 0) is 96.3 Å². The molecule has 0 aliphatic heterocycles. The van der Waals surface area contributed by atoms with Crippen LogP contribution in [0.5, 0.6) is 0 Å². The number of ether oxygens (including phenoxy) is 3. The molecule has 0 fully saturated rings. The van der Waals surface area contributed by atoms with Gasteiger partial charge in [0.05, 0.1) is 6.61 Å². The third-order valence-electron chi connectivity index (χ3n) is 12.8. The summed E-state index contributed by atoms with van der Waals surface area (Å²) < 4.78 is 17.5. The van der Waals surface area contributed by atoms with Gasteiger partial charge in [-0.2, -0.15) is 0 Å². The third kappa shape index (κ3) is 54.5. The highest BCUT2D eigenvalue weighted by atomic mass is 16.6. The van der Waals surface area contributed by atoms with Crippen LogP contribution in [0.4, 0.5) is 0 Å². The molecule has 5 heteroatoms. The van der Waals surface area contributed by atoms with Crippen LogP contribution in [0.1, 0.15) is 303 Å². The van der Waals surface area contributed by atoms with Gasteiger partial charge in [-0.15, -0.1) is 0 Å². The number of carbonyl (C=O) groups is 2. The molecule has 0 aromatic rings. The molecular weight excluding hydrogens is 813 g/mol. The van der Waals surface area contributed by atoms with Crippen LogP contribution in [-0.2, 0) is 23.8 Å². The van der Waals surface area contributed by atoms with Crippen LogP contribution in [0.3, 0.4) is 0 Å². The maximum atomic E-state index is 12.8. The van der Waals surface area contributed by atoms with Crippen LogP contribution in [-0.4, -0.2) is 37.9 Å². The minimum atomic E-state index is -0.545. The van der Waals surface area contributed by atoms with E-state index in [1.54, 1.807) is 0 Å². The van der Waals surface area contributed by atoms with E-state index in [1.165, 1.54) is 212 Å². The predicted octanol–water partition coefficient (Wildman–Crippen LogP) is 19.9. The molecule has 0 saturated carbocycles. The molecular formula is C61H112O5. The fourth-order valence-electron chi connectivity index (χ4n) is 8.42. The second-order valence-corrected chi connectivity index (χ2v) is 19.5. The predicted molar refractivity (Wildman–Crippen MR) is 288 cm³/mol. The average molecular weight is 926 g/mol. The van der Waals surface area contributed by atoms with E-state index < -0.39 is 6.10 Å². The highest BCUT2D eigenvalue weighted by Gasteiger charge is 2.17. The number of esters is 2. The van der Waals surface area contributed by atoms with E-state index in [2.05, 4.69) is 69.4 Å². The largest absolute Gasteiger partial charge is 0.462 e. The molecule has 0 aromatic carbocycles. The third-order valence-corrected chi connectivity index (χ3v) is 12.8. The van der Waals surface area contributed by atoms with E-state index in [4.69, 9.17) is 14.2 Å². The molecule has 0 aromatic heterocycles. The molecule has 1 unspecified atom stereocenters. The number of allylic oxidation sites excluding steroid dienone is 8. The van der Waals surface area contributed by atoms with Crippen molar-refractivity contribution >= 4 is 11.9 Å². The first kappa shape index (κ1) is 63.9. The highest BCUT2D eigenvalue weighted by Crippen LogP contribution is 2.15. The van der Waals surface area contributed by atoms with E-state index in [1.807, 2.05) is 0 Å². The maximum Gasteiger partial charge on any atom is 0.306 e. The van der Waals surface area contributed by atoms with Crippen LogP contribution in [0, 0.1) is 0 Å². The number of rotatable bonds is 54. The van der Waals surface area contributed by atoms with Crippen LogP contribution in [0.15, 0.2) is 48.6 Å². The lowest BCUT2D eigenvalue weighted by Gasteiger charge is -2.18. The van der Waals surface area contributed by atoms with Crippen molar-refractivity contribution in [3.63, 3.8) is 0 Å². The summed E-state index contributed by atoms with van der Waals surface area (Å²) in [6.45, 7) is 7.78. The van der Waals surface area contributed by atoms with Gasteiger partial charge < -0.3 is 14.2 Å². The van der Waals surface area contributed by atoms with Crippen molar-refractivity contribution in [3.8, 4) is 0 Å². The Labute approximate surface area is 412 Å². The van der Waals surface area contributed by atoms with Gasteiger partial charge in [0.15, 0.2) is 6.10 Å². The Bertz CT molecular complexity index is 1090. The lowest BCUT2D eigenvalue weighted by atomic mass is 10.1. The smallest absolute Gasteiger partial charge is 0.306 e. The van der Waals surface area contributed by atoms with Crippen LogP contribution >= 0.6 is 0 Å². The van der Waals surface area contributed by atoms with E-state index in [0.717, 1.165) is 57.8 Å². The van der Waals surface area contributed by atoms with Crippen LogP contribution in [0.2, 0.25) is 0 Å². The fourth-order valence-corrected chi connectivity index (χ4v) is 8.42. The Kier molecular flexibility index (Phi) is 55.3. The summed E-state index contributed by atoms with van der Waals surface area (Å²) in [6, 6.07) is 0. The fraction of sp³-hybridized carbons (Fsp3) is 0.836. The average Bonchev–Trinajstić information content (AvgIpc) is 3.32. The molecule has 386 valence electrons. The summed E-state index contributed by atoms with van der Waals surface area (Å²) in [7, 11) is 0. The monoisotopic (exact) mass is 925 g/mol. The number of hydrogen-bond acceptors (Lipinski definition) is 5. The van der Waals surface area contributed by atoms with Crippen molar-refractivity contribution in [1.29, 1.82) is 0 Å². The van der Waals surface area contributed by atoms with Crippen LogP contribution in [0.25, 0.3) is 0 Å². The van der Waals surface area contributed by atoms with Gasteiger partial charge in [0, 0.05) is 19.4 Å². The van der Waals surface area contributed by atoms with Gasteiger partial charge in [-0.3, -0.25) is 9.59 Å². The maximum absolute atomic E-state index is 12.8. The van der Waals surface area contributed by atoms with E-state index in [-0.39, 0.29) is 25.2 Å². The number of unbranched alkanes of at least 4 members (excludes halogenated alkanes) is 35. The van der Waals surface area contributed by atoms with Crippen molar-refractivity contribution in [1.82, 2.24) is 0 Å². The molecule has 0 bridgehead atoms. The normalized spacial score (nSPS) is 12.5. The zero-order chi connectivity index (χ0) is 47.7. The van der Waals surface area contributed by atoms with Crippen molar-refractivity contribution in [2.24, 2.45) is 0 Å². The van der Waals surface area contributed by atoms with Gasteiger partial charge in [0.25, 0.3) is 0 Å². The van der Waals surface area contributed by atoms with Gasteiger partial charge >= 0.3 is 11.9 Å². The van der Waals surface area contributed by atoms with Gasteiger partial charge in [-0.1, -0.05) is 243 Å². The minimum Gasteiger partial charge on any atom is -0.462 e. The standard InChI is InChI=1S/C61H112O5/c1-4-7-10-13-16-19-22-25-27-29-31-32-34-37-39-42-45-48-51-54-60(62)65-58-59(66-61(63)55-52-49-46-43-40-36-24-21-18-15-12-9-6-3)57-64-56-53-50-47-44-41-38-35-33-30-28-26-23-20-17-14-11-8-5-2/h12,15,21,24-28,59H,4-11,13-14,16-20,22-23,29-58H2,1-3H3/b15-12-,24-21-,27-25-,28-26-. The molecule has 0 heterocycles. The first-order valence-electron chi connectivity index (χ1n) is 29.2. The Morgan fingerprint density at radius 3 is 1.08 bits per heavy atom. The molecule has 0 amide bonds. The molecule has 5 nitrogen and oxygen atoms in total. The van der Waals surface area contributed by atoms with Crippen molar-refractivity contribution in [2.45, 2.75) is 309 Å². The van der Waals surface area contributed by atoms with E-state index in [9.17, 15) is 9.59 Å². The van der Waals surface area contributed by atoms with Gasteiger partial charge in [0.2, 0.25) is 0 Å². The first-order valence-corrected chi connectivity index (χ1v) is 29.2. The van der Waals surface area contributed by atoms with Crippen molar-refractivity contribution in [2.75, 3.05) is 19.8 Å². The molecule has 0 aliphatic carbocycles. The summed E-state index contributed by atoms with van der Waals surface area (Å²) in [5.41, 5.74) is 0. The Morgan fingerprint density at radius 1 is 0.333 bits per heavy atom. The molecule has 66 heavy (non-hydrogen) atoms. The van der Waals surface area contributed by atoms with Crippen molar-refractivity contribution < 1.29 is 23.8 Å². The molecule has 0 saturated heterocycles. The quantitative estimate of drug-likeness (QED) is 0.0345. The zero-order valence-corrected chi connectivity index (χ0v) is 44.5. The second-order valence-electron chi connectivity index (χ2n) is 19.5. The summed E-state index contributed by atoms with van der Waals surface area (Å²) >= 11 is 0. The molecule has 0 N–H and O–H groups in total. The SMILES string of the molecule is CCC/C=C\C/C=C\CCCCCCCC(=O)OC(COCCCCCCCCCC/C=C\CCCCCCCC)COC(=O)CCCCCCCCCCC/C=C\CCCCCCCC. The summed E-state index contributed by atoms with van der Waals surface area (Å²) in [6.07, 6.45) is 71.3. The topological polar surface area (TPSA) is 61.8 Å². The summed E-state index contributed by atoms with van der Waals surface area (Å²) in [5.74, 6) is -0.404. The summed E-state index contributed by atoms with van der Waals surface area (Å²) in [4.78, 5) is 25.5. The zero-order valence-electron chi connectivity index (χ0n) is 44.5. The first-order chi connectivity index (χ1) is 32.6. The number of carbonyl (C=O) groups excluding carboxylic acids is 2. The molecule has 0 aliphatic rings. The Morgan fingerprint density at radius 2 is 0.667 bits per heavy atom. The van der Waals surface area contributed by atoms with Gasteiger partial charge in [0.1, 0.15) is 6.61 Å². The summed E-state index contributed by atoms with van der Waals surface area (Å²) in [5, 5.41) is 0. The van der Waals surface area contributed by atoms with E-state index >= 15 is 0 Å². The molecule has 0 radical (unpaired) electrons. The Hall–Kier alpha value is -2.14. The Balaban J connectivity index is 4.23. The number of hydrogen-bond donors (Lipinski definition) is 0. The van der Waals surface area contributed by atoms with E-state index in [0.29, 0.717) is 19.4 Å². The highest BCUT2D eigenvalue weighted by molar-refractivity contribution is 5.70.